The van der Waals surface area contributed by atoms with E-state index in [4.69, 9.17) is 4.74 Å². The number of rotatable bonds is 9. The minimum atomic E-state index is -4.31. The summed E-state index contributed by atoms with van der Waals surface area (Å²) < 4.78 is 41.0. The summed E-state index contributed by atoms with van der Waals surface area (Å²) >= 11 is 0. The van der Waals surface area contributed by atoms with E-state index in [9.17, 15) is 18.1 Å². The molecule has 0 fully saturated rings. The van der Waals surface area contributed by atoms with Crippen LogP contribution in [0, 0.1) is 0 Å². The van der Waals surface area contributed by atoms with Crippen molar-refractivity contribution in [3.63, 3.8) is 0 Å². The van der Waals surface area contributed by atoms with Gasteiger partial charge in [0, 0.05) is 0 Å². The van der Waals surface area contributed by atoms with Crippen LogP contribution in [-0.4, -0.2) is 41.0 Å². The van der Waals surface area contributed by atoms with Gasteiger partial charge in [0.2, 0.25) is 6.33 Å². The van der Waals surface area contributed by atoms with E-state index in [0.29, 0.717) is 13.2 Å². The van der Waals surface area contributed by atoms with E-state index < -0.39 is 16.2 Å². The summed E-state index contributed by atoms with van der Waals surface area (Å²) in [5.41, 5.74) is 2.91. The molecular weight excluding hydrogens is 464 g/mol. The third kappa shape index (κ3) is 10.4. The molecule has 8 heteroatoms. The second-order valence-corrected chi connectivity index (χ2v) is 10.4. The molecule has 0 bridgehead atoms. The van der Waals surface area contributed by atoms with E-state index in [1.54, 1.807) is 6.08 Å². The van der Waals surface area contributed by atoms with Crippen LogP contribution in [0.1, 0.15) is 37.5 Å². The van der Waals surface area contributed by atoms with Crippen LogP contribution in [0.25, 0.3) is 12.2 Å². The Morgan fingerprint density at radius 2 is 1.60 bits per heavy atom. The molecule has 1 atom stereocenters. The molecule has 1 heterocycles. The van der Waals surface area contributed by atoms with Crippen molar-refractivity contribution < 1.29 is 27.4 Å². The van der Waals surface area contributed by atoms with Gasteiger partial charge in [0.25, 0.3) is 0 Å². The summed E-state index contributed by atoms with van der Waals surface area (Å²) in [5, 5.41) is 10.1. The average Bonchev–Trinajstić information content (AvgIpc) is 3.24. The summed E-state index contributed by atoms with van der Waals surface area (Å²) in [7, 11) is -4.31. The standard InChI is InChI=1S/C19H27N2O2.C8H8O3S/c1-5-16-6-8-17(9-7-16)12-20-10-11-21(15-20)13-18(22)14-23-19(2,3)4;1-2-7-3-5-8(6-4-7)12(9,10)11/h5-11,15,18,22H,1,12-14H2,2-4H3;2-6H,1H2,(H,9,10,11)/q+1;/p-1. The summed E-state index contributed by atoms with van der Waals surface area (Å²) in [5.74, 6) is 0. The van der Waals surface area contributed by atoms with Crippen LogP contribution in [-0.2, 0) is 27.9 Å². The van der Waals surface area contributed by atoms with E-state index in [1.165, 1.54) is 29.8 Å². The van der Waals surface area contributed by atoms with Crippen LogP contribution in [0.3, 0.4) is 0 Å². The van der Waals surface area contributed by atoms with Crippen LogP contribution >= 0.6 is 0 Å². The van der Waals surface area contributed by atoms with Gasteiger partial charge in [-0.3, -0.25) is 0 Å². The highest BCUT2D eigenvalue weighted by molar-refractivity contribution is 7.85. The molecule has 0 radical (unpaired) electrons. The Kier molecular flexibility index (Phi) is 10.2. The van der Waals surface area contributed by atoms with Gasteiger partial charge in [0.1, 0.15) is 41.7 Å². The first-order valence-electron chi connectivity index (χ1n) is 11.2. The topological polar surface area (TPSA) is 95.5 Å². The number of ether oxygens (including phenoxy) is 1. The third-order valence-corrected chi connectivity index (χ3v) is 5.71. The second-order valence-electron chi connectivity index (χ2n) is 9.03. The molecule has 3 rings (SSSR count). The minimum Gasteiger partial charge on any atom is -0.744 e. The molecule has 3 aromatic rings. The Morgan fingerprint density at radius 1 is 1.06 bits per heavy atom. The molecule has 0 saturated carbocycles. The number of hydrogen-bond donors (Lipinski definition) is 1. The number of aliphatic hydroxyl groups excluding tert-OH is 1. The Morgan fingerprint density at radius 3 is 2.09 bits per heavy atom. The molecule has 1 aromatic heterocycles. The summed E-state index contributed by atoms with van der Waals surface area (Å²) in [6.07, 6.45) is 8.89. The van der Waals surface area contributed by atoms with Crippen LogP contribution in [0.15, 0.2) is 85.3 Å². The summed E-state index contributed by atoms with van der Waals surface area (Å²) in [6, 6.07) is 13.9. The van der Waals surface area contributed by atoms with Crippen molar-refractivity contribution in [1.29, 1.82) is 0 Å². The minimum absolute atomic E-state index is 0.215. The molecule has 0 saturated heterocycles. The van der Waals surface area contributed by atoms with Gasteiger partial charge in [-0.1, -0.05) is 61.7 Å². The van der Waals surface area contributed by atoms with Crippen LogP contribution in [0.5, 0.6) is 0 Å². The first-order chi connectivity index (χ1) is 16.4. The van der Waals surface area contributed by atoms with Gasteiger partial charge in [-0.2, -0.15) is 0 Å². The highest BCUT2D eigenvalue weighted by Crippen LogP contribution is 2.10. The lowest BCUT2D eigenvalue weighted by Crippen LogP contribution is -2.32. The molecule has 1 N–H and O–H groups in total. The first-order valence-corrected chi connectivity index (χ1v) is 12.6. The molecule has 0 aliphatic heterocycles. The normalized spacial score (nSPS) is 12.4. The van der Waals surface area contributed by atoms with E-state index in [1.807, 2.05) is 50.1 Å². The molecule has 35 heavy (non-hydrogen) atoms. The molecule has 1 unspecified atom stereocenters. The number of benzene rings is 2. The lowest BCUT2D eigenvalue weighted by molar-refractivity contribution is -0.687. The summed E-state index contributed by atoms with van der Waals surface area (Å²) in [6.45, 7) is 14.9. The van der Waals surface area contributed by atoms with Crippen molar-refractivity contribution in [1.82, 2.24) is 4.57 Å². The van der Waals surface area contributed by atoms with Crippen molar-refractivity contribution in [2.45, 2.75) is 50.5 Å². The zero-order chi connectivity index (χ0) is 26.1. The molecule has 0 aliphatic rings. The SMILES string of the molecule is C=Cc1ccc(C[n+]2ccn(CC(O)COC(C)(C)C)c2)cc1.C=Cc1ccc(S(=O)(=O)[O-])cc1. The van der Waals surface area contributed by atoms with Gasteiger partial charge in [-0.15, -0.1) is 0 Å². The number of aliphatic hydroxyl groups is 1. The van der Waals surface area contributed by atoms with Gasteiger partial charge in [-0.05, 0) is 49.6 Å². The fourth-order valence-electron chi connectivity index (χ4n) is 3.02. The molecule has 7 nitrogen and oxygen atoms in total. The fraction of sp³-hybridized carbons (Fsp3) is 0.296. The summed E-state index contributed by atoms with van der Waals surface area (Å²) in [4.78, 5) is -0.215. The lowest BCUT2D eigenvalue weighted by Gasteiger charge is -2.21. The largest absolute Gasteiger partial charge is 0.744 e. The highest BCUT2D eigenvalue weighted by Gasteiger charge is 2.16. The number of imidazole rings is 1. The van der Waals surface area contributed by atoms with Gasteiger partial charge in [0.05, 0.1) is 17.1 Å². The maximum absolute atomic E-state index is 10.5. The van der Waals surface area contributed by atoms with Gasteiger partial charge >= 0.3 is 0 Å². The Bertz CT molecular complexity index is 1190. The van der Waals surface area contributed by atoms with E-state index >= 15 is 0 Å². The zero-order valence-corrected chi connectivity index (χ0v) is 21.3. The smallest absolute Gasteiger partial charge is 0.244 e. The predicted octanol–water partition coefficient (Wildman–Crippen LogP) is 3.88. The number of hydrogen-bond acceptors (Lipinski definition) is 5. The maximum atomic E-state index is 10.5. The van der Waals surface area contributed by atoms with Crippen LogP contribution < -0.4 is 4.57 Å². The van der Waals surface area contributed by atoms with Crippen molar-refractivity contribution in [2.75, 3.05) is 6.61 Å². The highest BCUT2D eigenvalue weighted by atomic mass is 32.2. The second kappa shape index (κ2) is 12.6. The molecule has 2 aromatic carbocycles. The molecule has 0 spiro atoms. The van der Waals surface area contributed by atoms with Gasteiger partial charge in [-0.25, -0.2) is 17.6 Å². The Balaban J connectivity index is 0.000000303. The average molecular weight is 499 g/mol. The van der Waals surface area contributed by atoms with Crippen molar-refractivity contribution in [2.24, 2.45) is 0 Å². The zero-order valence-electron chi connectivity index (χ0n) is 20.5. The lowest BCUT2D eigenvalue weighted by atomic mass is 10.1. The van der Waals surface area contributed by atoms with Gasteiger partial charge in [0.15, 0.2) is 0 Å². The quantitative estimate of drug-likeness (QED) is 0.357. The number of aromatic nitrogens is 2. The van der Waals surface area contributed by atoms with E-state index in [-0.39, 0.29) is 10.5 Å². The monoisotopic (exact) mass is 498 g/mol. The molecule has 0 aliphatic carbocycles. The Labute approximate surface area is 208 Å². The van der Waals surface area contributed by atoms with Crippen molar-refractivity contribution in [3.8, 4) is 0 Å². The third-order valence-electron chi connectivity index (χ3n) is 4.86. The molecular formula is C27H34N2O5S. The maximum Gasteiger partial charge on any atom is 0.244 e. The number of nitrogens with zero attached hydrogens (tertiary/aromatic N) is 2. The van der Waals surface area contributed by atoms with Gasteiger partial charge < -0.3 is 14.4 Å². The van der Waals surface area contributed by atoms with Crippen LogP contribution in [0.4, 0.5) is 0 Å². The first kappa shape index (κ1) is 28.2. The van der Waals surface area contributed by atoms with E-state index in [2.05, 4.69) is 42.0 Å². The van der Waals surface area contributed by atoms with E-state index in [0.717, 1.165) is 17.7 Å². The van der Waals surface area contributed by atoms with Crippen LogP contribution in [0.2, 0.25) is 0 Å². The van der Waals surface area contributed by atoms with Crippen molar-refractivity contribution >= 4 is 22.3 Å². The molecule has 0 amide bonds. The predicted molar refractivity (Wildman–Crippen MR) is 136 cm³/mol. The van der Waals surface area contributed by atoms with Crippen molar-refractivity contribution in [3.05, 3.63) is 97.1 Å². The Hall–Kier alpha value is -3.04. The fourth-order valence-corrected chi connectivity index (χ4v) is 3.49. The molecule has 188 valence electrons.